The highest BCUT2D eigenvalue weighted by atomic mass is 16.3. The molecule has 0 aromatic rings. The number of hydrogen-bond acceptors (Lipinski definition) is 2. The number of aliphatic hydroxyl groups is 1. The Hall–Kier alpha value is -0.0800. The molecule has 2 heteroatoms. The van der Waals surface area contributed by atoms with Crippen LogP contribution < -0.4 is 0 Å². The first kappa shape index (κ1) is 13.0. The first-order valence-corrected chi connectivity index (χ1v) is 6.13. The third-order valence-electron chi connectivity index (χ3n) is 3.88. The van der Waals surface area contributed by atoms with Crippen molar-refractivity contribution in [2.45, 2.75) is 53.0 Å². The van der Waals surface area contributed by atoms with Crippen LogP contribution in [0.15, 0.2) is 0 Å². The van der Waals surface area contributed by atoms with Crippen molar-refractivity contribution in [2.24, 2.45) is 11.3 Å². The van der Waals surface area contributed by atoms with E-state index >= 15 is 0 Å². The Labute approximate surface area is 94.7 Å². The maximum atomic E-state index is 9.06. The van der Waals surface area contributed by atoms with Gasteiger partial charge in [0.05, 0.1) is 0 Å². The van der Waals surface area contributed by atoms with Crippen molar-refractivity contribution < 1.29 is 5.11 Å². The van der Waals surface area contributed by atoms with Gasteiger partial charge in [-0.05, 0) is 51.5 Å². The summed E-state index contributed by atoms with van der Waals surface area (Å²) in [5.74, 6) is 0.682. The number of likely N-dealkylation sites (tertiary alicyclic amines) is 1. The van der Waals surface area contributed by atoms with Gasteiger partial charge in [0, 0.05) is 18.7 Å². The lowest BCUT2D eigenvalue weighted by Gasteiger charge is -2.49. The summed E-state index contributed by atoms with van der Waals surface area (Å²) in [6.45, 7) is 14.2. The summed E-state index contributed by atoms with van der Waals surface area (Å²) >= 11 is 0. The topological polar surface area (TPSA) is 23.5 Å². The van der Waals surface area contributed by atoms with E-state index in [-0.39, 0.29) is 5.54 Å². The molecule has 1 aliphatic heterocycles. The molecule has 15 heavy (non-hydrogen) atoms. The smallest absolute Gasteiger partial charge is 0.0433 e. The normalized spacial score (nSPS) is 28.0. The van der Waals surface area contributed by atoms with E-state index in [0.29, 0.717) is 17.9 Å². The maximum Gasteiger partial charge on any atom is 0.0433 e. The third kappa shape index (κ3) is 3.18. The highest BCUT2D eigenvalue weighted by Crippen LogP contribution is 2.38. The lowest BCUT2D eigenvalue weighted by Crippen LogP contribution is -2.53. The van der Waals surface area contributed by atoms with E-state index in [1.807, 2.05) is 0 Å². The molecule has 1 fully saturated rings. The Balaban J connectivity index is 2.64. The summed E-state index contributed by atoms with van der Waals surface area (Å²) in [5, 5.41) is 9.06. The Morgan fingerprint density at radius 3 is 2.33 bits per heavy atom. The molecule has 0 saturated carbocycles. The molecule has 1 rings (SSSR count). The van der Waals surface area contributed by atoms with Crippen molar-refractivity contribution in [2.75, 3.05) is 19.7 Å². The van der Waals surface area contributed by atoms with E-state index in [0.717, 1.165) is 13.0 Å². The van der Waals surface area contributed by atoms with Crippen molar-refractivity contribution in [1.82, 2.24) is 4.90 Å². The van der Waals surface area contributed by atoms with E-state index in [9.17, 15) is 0 Å². The fourth-order valence-electron chi connectivity index (χ4n) is 2.67. The minimum Gasteiger partial charge on any atom is -0.396 e. The molecule has 1 atom stereocenters. The van der Waals surface area contributed by atoms with Crippen LogP contribution in [0.25, 0.3) is 0 Å². The standard InChI is InChI=1S/C13H27NO/c1-12(2,3)14-8-6-11(7-9-15)13(4,5)10-14/h11,15H,6-10H2,1-5H3. The van der Waals surface area contributed by atoms with E-state index in [2.05, 4.69) is 39.5 Å². The average molecular weight is 213 g/mol. The predicted molar refractivity (Wildman–Crippen MR) is 64.9 cm³/mol. The summed E-state index contributed by atoms with van der Waals surface area (Å²) in [4.78, 5) is 2.57. The van der Waals surface area contributed by atoms with Gasteiger partial charge in [0.15, 0.2) is 0 Å². The van der Waals surface area contributed by atoms with Crippen LogP contribution in [0.4, 0.5) is 0 Å². The average Bonchev–Trinajstić information content (AvgIpc) is 2.06. The number of rotatable bonds is 2. The maximum absolute atomic E-state index is 9.06. The Morgan fingerprint density at radius 1 is 1.33 bits per heavy atom. The van der Waals surface area contributed by atoms with E-state index in [1.165, 1.54) is 13.0 Å². The van der Waals surface area contributed by atoms with Crippen molar-refractivity contribution in [3.05, 3.63) is 0 Å². The van der Waals surface area contributed by atoms with E-state index < -0.39 is 0 Å². The largest absolute Gasteiger partial charge is 0.396 e. The molecule has 0 bridgehead atoms. The number of aliphatic hydroxyl groups excluding tert-OH is 1. The molecule has 90 valence electrons. The molecule has 0 radical (unpaired) electrons. The molecule has 1 N–H and O–H groups in total. The second-order valence-electron chi connectivity index (χ2n) is 6.58. The number of hydrogen-bond donors (Lipinski definition) is 1. The van der Waals surface area contributed by atoms with Crippen molar-refractivity contribution in [3.8, 4) is 0 Å². The van der Waals surface area contributed by atoms with Gasteiger partial charge in [-0.15, -0.1) is 0 Å². The van der Waals surface area contributed by atoms with Gasteiger partial charge >= 0.3 is 0 Å². The monoisotopic (exact) mass is 213 g/mol. The van der Waals surface area contributed by atoms with Gasteiger partial charge in [-0.2, -0.15) is 0 Å². The Bertz CT molecular complexity index is 205. The van der Waals surface area contributed by atoms with Crippen LogP contribution >= 0.6 is 0 Å². The quantitative estimate of drug-likeness (QED) is 0.762. The second-order valence-corrected chi connectivity index (χ2v) is 6.58. The molecule has 1 unspecified atom stereocenters. The van der Waals surface area contributed by atoms with Crippen LogP contribution in [-0.2, 0) is 0 Å². The molecular weight excluding hydrogens is 186 g/mol. The highest BCUT2D eigenvalue weighted by molar-refractivity contribution is 4.91. The molecule has 0 spiro atoms. The number of nitrogens with zero attached hydrogens (tertiary/aromatic N) is 1. The molecule has 0 aliphatic carbocycles. The fourth-order valence-corrected chi connectivity index (χ4v) is 2.67. The van der Waals surface area contributed by atoms with Gasteiger partial charge in [0.25, 0.3) is 0 Å². The summed E-state index contributed by atoms with van der Waals surface area (Å²) in [7, 11) is 0. The van der Waals surface area contributed by atoms with Crippen molar-refractivity contribution in [3.63, 3.8) is 0 Å². The molecule has 1 aliphatic rings. The zero-order valence-corrected chi connectivity index (χ0v) is 11.0. The lowest BCUT2D eigenvalue weighted by atomic mass is 9.71. The van der Waals surface area contributed by atoms with Crippen LogP contribution in [0.3, 0.4) is 0 Å². The second kappa shape index (κ2) is 4.42. The molecular formula is C13H27NO. The zero-order chi connectivity index (χ0) is 11.7. The third-order valence-corrected chi connectivity index (χ3v) is 3.88. The van der Waals surface area contributed by atoms with Gasteiger partial charge in [0.2, 0.25) is 0 Å². The molecule has 0 aromatic heterocycles. The molecule has 0 amide bonds. The van der Waals surface area contributed by atoms with Crippen molar-refractivity contribution >= 4 is 0 Å². The highest BCUT2D eigenvalue weighted by Gasteiger charge is 2.38. The minimum absolute atomic E-state index is 0.279. The summed E-state index contributed by atoms with van der Waals surface area (Å²) in [5.41, 5.74) is 0.621. The van der Waals surface area contributed by atoms with Crippen LogP contribution in [0.2, 0.25) is 0 Å². The SMILES string of the molecule is CC1(C)CN(C(C)(C)C)CCC1CCO. The summed E-state index contributed by atoms with van der Waals surface area (Å²) in [6.07, 6.45) is 2.19. The van der Waals surface area contributed by atoms with Gasteiger partial charge in [0.1, 0.15) is 0 Å². The molecule has 2 nitrogen and oxygen atoms in total. The van der Waals surface area contributed by atoms with Gasteiger partial charge < -0.3 is 5.11 Å². The predicted octanol–water partition coefficient (Wildman–Crippen LogP) is 2.52. The Kier molecular flexibility index (Phi) is 3.83. The van der Waals surface area contributed by atoms with Gasteiger partial charge in [-0.3, -0.25) is 4.90 Å². The Morgan fingerprint density at radius 2 is 1.93 bits per heavy atom. The number of piperidine rings is 1. The van der Waals surface area contributed by atoms with Gasteiger partial charge in [-0.1, -0.05) is 13.8 Å². The van der Waals surface area contributed by atoms with Crippen LogP contribution in [0, 0.1) is 11.3 Å². The van der Waals surface area contributed by atoms with E-state index in [1.54, 1.807) is 0 Å². The van der Waals surface area contributed by atoms with Crippen LogP contribution in [0.5, 0.6) is 0 Å². The van der Waals surface area contributed by atoms with Crippen LogP contribution in [0.1, 0.15) is 47.5 Å². The molecule has 1 heterocycles. The minimum atomic E-state index is 0.279. The molecule has 1 saturated heterocycles. The summed E-state index contributed by atoms with van der Waals surface area (Å²) < 4.78 is 0. The van der Waals surface area contributed by atoms with Crippen LogP contribution in [-0.4, -0.2) is 35.2 Å². The lowest BCUT2D eigenvalue weighted by molar-refractivity contribution is -0.00567. The summed E-state index contributed by atoms with van der Waals surface area (Å²) in [6, 6.07) is 0. The first-order valence-electron chi connectivity index (χ1n) is 6.13. The van der Waals surface area contributed by atoms with Crippen molar-refractivity contribution in [1.29, 1.82) is 0 Å². The zero-order valence-electron chi connectivity index (χ0n) is 11.0. The fraction of sp³-hybridized carbons (Fsp3) is 1.00. The van der Waals surface area contributed by atoms with E-state index in [4.69, 9.17) is 5.11 Å². The molecule has 0 aromatic carbocycles. The first-order chi connectivity index (χ1) is 6.77. The van der Waals surface area contributed by atoms with Gasteiger partial charge in [-0.25, -0.2) is 0 Å².